The van der Waals surface area contributed by atoms with Crippen molar-refractivity contribution < 1.29 is 19.4 Å². The van der Waals surface area contributed by atoms with Gasteiger partial charge in [-0.3, -0.25) is 0 Å². The highest BCUT2D eigenvalue weighted by atomic mass is 16.5. The number of methoxy groups -OCH3 is 1. The van der Waals surface area contributed by atoms with Crippen molar-refractivity contribution in [1.82, 2.24) is 10.6 Å². The Labute approximate surface area is 102 Å². The first-order valence-corrected chi connectivity index (χ1v) is 5.79. The fraction of sp³-hybridized carbons (Fsp3) is 0.818. The zero-order valence-electron chi connectivity index (χ0n) is 10.7. The highest BCUT2D eigenvalue weighted by Crippen LogP contribution is 2.07. The van der Waals surface area contributed by atoms with Gasteiger partial charge in [0, 0.05) is 20.3 Å². The molecule has 0 fully saturated rings. The minimum absolute atomic E-state index is 0.0998. The molecular weight excluding hydrogens is 224 g/mol. The Bertz CT molecular complexity index is 246. The molecule has 0 heterocycles. The summed E-state index contributed by atoms with van der Waals surface area (Å²) in [7, 11) is 1.59. The van der Waals surface area contributed by atoms with Crippen molar-refractivity contribution >= 4 is 12.0 Å². The molecule has 3 N–H and O–H groups in total. The minimum atomic E-state index is -1.01. The van der Waals surface area contributed by atoms with Crippen LogP contribution >= 0.6 is 0 Å². The summed E-state index contributed by atoms with van der Waals surface area (Å²) in [5.74, 6) is -1.11. The van der Waals surface area contributed by atoms with Crippen LogP contribution in [0.2, 0.25) is 0 Å². The Hall–Kier alpha value is -1.30. The molecule has 2 amide bonds. The standard InChI is InChI=1S/C11H22N2O4/c1-4-8(2)9(10(14)15)13-11(16)12-6-5-7-17-3/h8-9H,4-7H2,1-3H3,(H,14,15)(H2,12,13,16)/t8?,9-/m0/s1. The lowest BCUT2D eigenvalue weighted by Gasteiger charge is -2.20. The van der Waals surface area contributed by atoms with E-state index < -0.39 is 18.0 Å². The quantitative estimate of drug-likeness (QED) is 0.553. The van der Waals surface area contributed by atoms with Crippen molar-refractivity contribution in [3.63, 3.8) is 0 Å². The number of carbonyl (C=O) groups excluding carboxylic acids is 1. The first-order valence-electron chi connectivity index (χ1n) is 5.79. The summed E-state index contributed by atoms with van der Waals surface area (Å²) < 4.78 is 4.83. The molecule has 6 nitrogen and oxygen atoms in total. The number of nitrogens with one attached hydrogen (secondary N) is 2. The Morgan fingerprint density at radius 1 is 1.41 bits per heavy atom. The number of amides is 2. The second kappa shape index (κ2) is 8.81. The smallest absolute Gasteiger partial charge is 0.326 e. The van der Waals surface area contributed by atoms with E-state index in [1.807, 2.05) is 6.92 Å². The van der Waals surface area contributed by atoms with E-state index >= 15 is 0 Å². The van der Waals surface area contributed by atoms with Crippen LogP contribution in [0.1, 0.15) is 26.7 Å². The molecule has 0 radical (unpaired) electrons. The molecule has 0 aliphatic heterocycles. The lowest BCUT2D eigenvalue weighted by Crippen LogP contribution is -2.49. The highest BCUT2D eigenvalue weighted by Gasteiger charge is 2.24. The number of carboxylic acid groups (broad SMARTS) is 1. The van der Waals surface area contributed by atoms with Crippen LogP contribution in [0, 0.1) is 5.92 Å². The molecule has 0 spiro atoms. The number of hydrogen-bond acceptors (Lipinski definition) is 3. The maximum atomic E-state index is 11.4. The predicted octanol–water partition coefficient (Wildman–Crippen LogP) is 0.821. The van der Waals surface area contributed by atoms with Gasteiger partial charge in [-0.1, -0.05) is 20.3 Å². The second-order valence-corrected chi connectivity index (χ2v) is 3.95. The monoisotopic (exact) mass is 246 g/mol. The average Bonchev–Trinajstić information content (AvgIpc) is 2.30. The Kier molecular flexibility index (Phi) is 8.13. The molecule has 0 aliphatic carbocycles. The van der Waals surface area contributed by atoms with Crippen molar-refractivity contribution in [1.29, 1.82) is 0 Å². The van der Waals surface area contributed by atoms with Gasteiger partial charge < -0.3 is 20.5 Å². The molecule has 0 rings (SSSR count). The van der Waals surface area contributed by atoms with E-state index in [1.165, 1.54) is 0 Å². The maximum Gasteiger partial charge on any atom is 0.326 e. The summed E-state index contributed by atoms with van der Waals surface area (Å²) in [5.41, 5.74) is 0. The topological polar surface area (TPSA) is 87.7 Å². The SMILES string of the molecule is CCC(C)[C@H](NC(=O)NCCCOC)C(=O)O. The number of ether oxygens (including phenoxy) is 1. The van der Waals surface area contributed by atoms with Crippen molar-refractivity contribution in [3.05, 3.63) is 0 Å². The number of carbonyl (C=O) groups is 2. The third-order valence-electron chi connectivity index (χ3n) is 2.58. The minimum Gasteiger partial charge on any atom is -0.480 e. The fourth-order valence-electron chi connectivity index (χ4n) is 1.29. The molecule has 17 heavy (non-hydrogen) atoms. The van der Waals surface area contributed by atoms with Gasteiger partial charge in [0.2, 0.25) is 0 Å². The summed E-state index contributed by atoms with van der Waals surface area (Å²) in [6, 6.07) is -1.30. The van der Waals surface area contributed by atoms with Crippen LogP contribution in [0.25, 0.3) is 0 Å². The number of urea groups is 1. The highest BCUT2D eigenvalue weighted by molar-refractivity contribution is 5.82. The average molecular weight is 246 g/mol. The second-order valence-electron chi connectivity index (χ2n) is 3.95. The first-order chi connectivity index (χ1) is 8.02. The van der Waals surface area contributed by atoms with Gasteiger partial charge in [0.15, 0.2) is 0 Å². The molecular formula is C11H22N2O4. The van der Waals surface area contributed by atoms with Crippen molar-refractivity contribution in [2.45, 2.75) is 32.7 Å². The molecule has 0 saturated carbocycles. The van der Waals surface area contributed by atoms with Crippen LogP contribution < -0.4 is 10.6 Å². The summed E-state index contributed by atoms with van der Waals surface area (Å²) in [6.45, 7) is 4.71. The van der Waals surface area contributed by atoms with E-state index in [9.17, 15) is 9.59 Å². The maximum absolute atomic E-state index is 11.4. The lowest BCUT2D eigenvalue weighted by atomic mass is 9.99. The predicted molar refractivity (Wildman–Crippen MR) is 63.9 cm³/mol. The molecule has 0 aromatic heterocycles. The molecule has 0 aromatic carbocycles. The summed E-state index contributed by atoms with van der Waals surface area (Å²) in [5, 5.41) is 14.0. The van der Waals surface area contributed by atoms with E-state index in [1.54, 1.807) is 14.0 Å². The molecule has 0 aromatic rings. The first kappa shape index (κ1) is 15.7. The number of aliphatic carboxylic acids is 1. The Morgan fingerprint density at radius 2 is 2.06 bits per heavy atom. The van der Waals surface area contributed by atoms with Crippen molar-refractivity contribution in [2.24, 2.45) is 5.92 Å². The Morgan fingerprint density at radius 3 is 2.53 bits per heavy atom. The summed E-state index contributed by atoms with van der Waals surface area (Å²) in [6.07, 6.45) is 1.39. The summed E-state index contributed by atoms with van der Waals surface area (Å²) >= 11 is 0. The molecule has 0 saturated heterocycles. The zero-order valence-corrected chi connectivity index (χ0v) is 10.7. The van der Waals surface area contributed by atoms with Crippen LogP contribution in [0.4, 0.5) is 4.79 Å². The van der Waals surface area contributed by atoms with Crippen LogP contribution in [0.3, 0.4) is 0 Å². The number of hydrogen-bond donors (Lipinski definition) is 3. The van der Waals surface area contributed by atoms with Gasteiger partial charge in [0.25, 0.3) is 0 Å². The third-order valence-corrected chi connectivity index (χ3v) is 2.58. The molecule has 1 unspecified atom stereocenters. The third kappa shape index (κ3) is 6.78. The van der Waals surface area contributed by atoms with E-state index in [0.717, 1.165) is 0 Å². The van der Waals surface area contributed by atoms with Gasteiger partial charge >= 0.3 is 12.0 Å². The normalized spacial score (nSPS) is 13.8. The molecule has 0 bridgehead atoms. The van der Waals surface area contributed by atoms with Gasteiger partial charge in [0.05, 0.1) is 0 Å². The van der Waals surface area contributed by atoms with Gasteiger partial charge in [-0.05, 0) is 12.3 Å². The van der Waals surface area contributed by atoms with Gasteiger partial charge in [-0.25, -0.2) is 9.59 Å². The van der Waals surface area contributed by atoms with E-state index in [4.69, 9.17) is 9.84 Å². The van der Waals surface area contributed by atoms with Gasteiger partial charge in [-0.2, -0.15) is 0 Å². The van der Waals surface area contributed by atoms with Gasteiger partial charge in [0.1, 0.15) is 6.04 Å². The van der Waals surface area contributed by atoms with Crippen molar-refractivity contribution in [2.75, 3.05) is 20.3 Å². The Balaban J connectivity index is 4.00. The summed E-state index contributed by atoms with van der Waals surface area (Å²) in [4.78, 5) is 22.4. The van der Waals surface area contributed by atoms with Crippen molar-refractivity contribution in [3.8, 4) is 0 Å². The fourth-order valence-corrected chi connectivity index (χ4v) is 1.29. The molecule has 0 aliphatic rings. The molecule has 2 atom stereocenters. The largest absolute Gasteiger partial charge is 0.480 e. The van der Waals surface area contributed by atoms with Crippen LogP contribution in [0.5, 0.6) is 0 Å². The zero-order chi connectivity index (χ0) is 13.3. The number of carboxylic acids is 1. The van der Waals surface area contributed by atoms with Crippen LogP contribution in [0.15, 0.2) is 0 Å². The van der Waals surface area contributed by atoms with E-state index in [-0.39, 0.29) is 5.92 Å². The van der Waals surface area contributed by atoms with Crippen LogP contribution in [-0.2, 0) is 9.53 Å². The lowest BCUT2D eigenvalue weighted by molar-refractivity contribution is -0.140. The van der Waals surface area contributed by atoms with E-state index in [0.29, 0.717) is 26.0 Å². The number of rotatable bonds is 8. The molecule has 6 heteroatoms. The molecule has 100 valence electrons. The van der Waals surface area contributed by atoms with Crippen LogP contribution in [-0.4, -0.2) is 43.4 Å². The van der Waals surface area contributed by atoms with Gasteiger partial charge in [-0.15, -0.1) is 0 Å². The van der Waals surface area contributed by atoms with E-state index in [2.05, 4.69) is 10.6 Å².